The van der Waals surface area contributed by atoms with Crippen molar-refractivity contribution < 1.29 is 4.79 Å². The fraction of sp³-hybridized carbons (Fsp3) is 0.412. The normalized spacial score (nSPS) is 10.8. The van der Waals surface area contributed by atoms with E-state index in [-0.39, 0.29) is 5.91 Å². The summed E-state index contributed by atoms with van der Waals surface area (Å²) in [5, 5.41) is 7.15. The van der Waals surface area contributed by atoms with Crippen molar-refractivity contribution in [2.24, 2.45) is 5.92 Å². The van der Waals surface area contributed by atoms with E-state index in [9.17, 15) is 4.79 Å². The molecule has 0 aliphatic rings. The Bertz CT molecular complexity index is 544. The summed E-state index contributed by atoms with van der Waals surface area (Å²) in [7, 11) is 0. The minimum absolute atomic E-state index is 0.129. The van der Waals surface area contributed by atoms with Gasteiger partial charge in [0.1, 0.15) is 0 Å². The largest absolute Gasteiger partial charge is 0.352 e. The smallest absolute Gasteiger partial charge is 0.220 e. The fourth-order valence-corrected chi connectivity index (χ4v) is 2.05. The molecular weight excluding hydrogens is 262 g/mol. The van der Waals surface area contributed by atoms with Crippen LogP contribution in [-0.2, 0) is 17.9 Å². The summed E-state index contributed by atoms with van der Waals surface area (Å²) in [6.45, 7) is 5.63. The maximum atomic E-state index is 11.7. The van der Waals surface area contributed by atoms with Crippen molar-refractivity contribution in [3.63, 3.8) is 0 Å². The molecule has 0 saturated carbocycles. The van der Waals surface area contributed by atoms with Crippen molar-refractivity contribution in [3.8, 4) is 0 Å². The number of benzene rings is 1. The van der Waals surface area contributed by atoms with Gasteiger partial charge in [0, 0.05) is 25.4 Å². The first-order valence-electron chi connectivity index (χ1n) is 7.45. The lowest BCUT2D eigenvalue weighted by Gasteiger charge is -2.08. The van der Waals surface area contributed by atoms with Gasteiger partial charge in [0.15, 0.2) is 0 Å². The predicted octanol–water partition coefficient (Wildman–Crippen LogP) is 2.98. The van der Waals surface area contributed by atoms with E-state index in [1.807, 2.05) is 16.9 Å². The number of carbonyl (C=O) groups is 1. The van der Waals surface area contributed by atoms with Crippen LogP contribution in [0.15, 0.2) is 42.7 Å². The Morgan fingerprint density at radius 1 is 1.24 bits per heavy atom. The van der Waals surface area contributed by atoms with Crippen LogP contribution >= 0.6 is 0 Å². The monoisotopic (exact) mass is 285 g/mol. The number of aromatic nitrogens is 2. The van der Waals surface area contributed by atoms with Crippen LogP contribution in [0.1, 0.15) is 37.8 Å². The lowest BCUT2D eigenvalue weighted by Crippen LogP contribution is -2.22. The summed E-state index contributed by atoms with van der Waals surface area (Å²) in [6, 6.07) is 10.2. The maximum Gasteiger partial charge on any atom is 0.220 e. The Balaban J connectivity index is 1.78. The van der Waals surface area contributed by atoms with Gasteiger partial charge in [0.25, 0.3) is 0 Å². The van der Waals surface area contributed by atoms with Crippen molar-refractivity contribution in [3.05, 3.63) is 53.9 Å². The number of hydrogen-bond donors (Lipinski definition) is 1. The van der Waals surface area contributed by atoms with E-state index in [4.69, 9.17) is 0 Å². The lowest BCUT2D eigenvalue weighted by molar-refractivity contribution is -0.121. The van der Waals surface area contributed by atoms with Crippen LogP contribution in [0.2, 0.25) is 0 Å². The second-order valence-corrected chi connectivity index (χ2v) is 5.73. The van der Waals surface area contributed by atoms with Crippen LogP contribution in [0.4, 0.5) is 0 Å². The first kappa shape index (κ1) is 15.3. The molecule has 0 unspecified atom stereocenters. The van der Waals surface area contributed by atoms with Gasteiger partial charge < -0.3 is 5.32 Å². The Kier molecular flexibility index (Phi) is 5.55. The Morgan fingerprint density at radius 2 is 1.95 bits per heavy atom. The molecule has 1 amide bonds. The van der Waals surface area contributed by atoms with Crippen molar-refractivity contribution in [1.82, 2.24) is 15.1 Å². The first-order chi connectivity index (χ1) is 10.1. The number of hydrogen-bond acceptors (Lipinski definition) is 2. The average Bonchev–Trinajstić information content (AvgIpc) is 2.97. The van der Waals surface area contributed by atoms with E-state index < -0.39 is 0 Å². The van der Waals surface area contributed by atoms with Crippen LogP contribution < -0.4 is 5.32 Å². The molecule has 4 heteroatoms. The summed E-state index contributed by atoms with van der Waals surface area (Å²) in [5.41, 5.74) is 2.32. The van der Waals surface area contributed by atoms with E-state index in [1.54, 1.807) is 6.20 Å². The molecule has 0 bridgehead atoms. The number of carbonyl (C=O) groups excluding carboxylic acids is 1. The van der Waals surface area contributed by atoms with Gasteiger partial charge in [0.05, 0.1) is 6.54 Å². The summed E-state index contributed by atoms with van der Waals surface area (Å²) in [5.74, 6) is 0.696. The highest BCUT2D eigenvalue weighted by Gasteiger charge is 2.03. The third-order valence-electron chi connectivity index (χ3n) is 3.37. The number of nitrogens with zero attached hydrogens (tertiary/aromatic N) is 2. The molecule has 0 radical (unpaired) electrons. The molecular formula is C17H23N3O. The average molecular weight is 285 g/mol. The lowest BCUT2D eigenvalue weighted by atomic mass is 10.1. The molecule has 1 aromatic heterocycles. The van der Waals surface area contributed by atoms with Crippen LogP contribution in [0.5, 0.6) is 0 Å². The molecule has 0 spiro atoms. The highest BCUT2D eigenvalue weighted by molar-refractivity contribution is 5.75. The molecule has 0 aliphatic carbocycles. The van der Waals surface area contributed by atoms with Gasteiger partial charge in [-0.2, -0.15) is 5.10 Å². The topological polar surface area (TPSA) is 46.9 Å². The van der Waals surface area contributed by atoms with E-state index in [1.165, 1.54) is 5.56 Å². The molecule has 112 valence electrons. The number of amides is 1. The molecule has 0 saturated heterocycles. The summed E-state index contributed by atoms with van der Waals surface area (Å²) >= 11 is 0. The van der Waals surface area contributed by atoms with Gasteiger partial charge in [-0.15, -0.1) is 0 Å². The zero-order chi connectivity index (χ0) is 15.1. The van der Waals surface area contributed by atoms with Gasteiger partial charge in [0.2, 0.25) is 5.91 Å². The summed E-state index contributed by atoms with van der Waals surface area (Å²) in [6.07, 6.45) is 5.27. The minimum Gasteiger partial charge on any atom is -0.352 e. The fourth-order valence-electron chi connectivity index (χ4n) is 2.05. The second kappa shape index (κ2) is 7.62. The number of rotatable bonds is 7. The number of nitrogens with one attached hydrogen (secondary N) is 1. The van der Waals surface area contributed by atoms with Gasteiger partial charge in [-0.1, -0.05) is 38.1 Å². The summed E-state index contributed by atoms with van der Waals surface area (Å²) in [4.78, 5) is 11.7. The predicted molar refractivity (Wildman–Crippen MR) is 83.7 cm³/mol. The van der Waals surface area contributed by atoms with Gasteiger partial charge in [-0.25, -0.2) is 0 Å². The quantitative estimate of drug-likeness (QED) is 0.850. The van der Waals surface area contributed by atoms with Gasteiger partial charge in [-0.05, 0) is 29.5 Å². The molecule has 21 heavy (non-hydrogen) atoms. The van der Waals surface area contributed by atoms with Crippen LogP contribution in [-0.4, -0.2) is 15.7 Å². The van der Waals surface area contributed by atoms with E-state index in [0.717, 1.165) is 18.5 Å². The minimum atomic E-state index is 0.129. The van der Waals surface area contributed by atoms with Gasteiger partial charge in [-0.3, -0.25) is 9.48 Å². The SMILES string of the molecule is CC(C)CCC(=O)NCc1ccc(Cn2cccn2)cc1. The van der Waals surface area contributed by atoms with Crippen molar-refractivity contribution in [2.75, 3.05) is 0 Å². The molecule has 4 nitrogen and oxygen atoms in total. The van der Waals surface area contributed by atoms with Crippen LogP contribution in [0.25, 0.3) is 0 Å². The van der Waals surface area contributed by atoms with Crippen molar-refractivity contribution in [1.29, 1.82) is 0 Å². The third-order valence-corrected chi connectivity index (χ3v) is 3.37. The standard InChI is InChI=1S/C17H23N3O/c1-14(2)4-9-17(21)18-12-15-5-7-16(8-6-15)13-20-11-3-10-19-20/h3,5-8,10-11,14H,4,9,12-13H2,1-2H3,(H,18,21). The van der Waals surface area contributed by atoms with Gasteiger partial charge >= 0.3 is 0 Å². The van der Waals surface area contributed by atoms with E-state index in [2.05, 4.69) is 48.5 Å². The first-order valence-corrected chi connectivity index (χ1v) is 7.45. The molecule has 1 N–H and O–H groups in total. The zero-order valence-corrected chi connectivity index (χ0v) is 12.7. The molecule has 2 aromatic rings. The van der Waals surface area contributed by atoms with Crippen LogP contribution in [0.3, 0.4) is 0 Å². The van der Waals surface area contributed by atoms with E-state index in [0.29, 0.717) is 18.9 Å². The summed E-state index contributed by atoms with van der Waals surface area (Å²) < 4.78 is 1.89. The highest BCUT2D eigenvalue weighted by atomic mass is 16.1. The Labute approximate surface area is 126 Å². The Hall–Kier alpha value is -2.10. The molecule has 0 aliphatic heterocycles. The van der Waals surface area contributed by atoms with Crippen LogP contribution in [0, 0.1) is 5.92 Å². The molecule has 1 heterocycles. The maximum absolute atomic E-state index is 11.7. The highest BCUT2D eigenvalue weighted by Crippen LogP contribution is 2.07. The molecule has 1 aromatic carbocycles. The third kappa shape index (κ3) is 5.42. The van der Waals surface area contributed by atoms with Crippen molar-refractivity contribution in [2.45, 2.75) is 39.8 Å². The molecule has 0 fully saturated rings. The molecule has 0 atom stereocenters. The molecule has 2 rings (SSSR count). The van der Waals surface area contributed by atoms with E-state index >= 15 is 0 Å². The Morgan fingerprint density at radius 3 is 2.57 bits per heavy atom. The second-order valence-electron chi connectivity index (χ2n) is 5.73. The van der Waals surface area contributed by atoms with Crippen molar-refractivity contribution >= 4 is 5.91 Å². The zero-order valence-electron chi connectivity index (χ0n) is 12.7.